The van der Waals surface area contributed by atoms with Crippen LogP contribution in [0.3, 0.4) is 0 Å². The molecule has 0 saturated carbocycles. The van der Waals surface area contributed by atoms with E-state index >= 15 is 4.39 Å². The number of ether oxygens (including phenoxy) is 1. The lowest BCUT2D eigenvalue weighted by atomic mass is 10.1. The molecule has 2 atom stereocenters. The number of hydrogen-bond donors (Lipinski definition) is 2. The van der Waals surface area contributed by atoms with Crippen LogP contribution in [-0.4, -0.2) is 70.6 Å². The van der Waals surface area contributed by atoms with Crippen LogP contribution in [0.1, 0.15) is 21.5 Å². The highest BCUT2D eigenvalue weighted by atomic mass is 32.2. The number of fused-ring (bicyclic) bond motifs is 1. The molecule has 0 unspecified atom stereocenters. The summed E-state index contributed by atoms with van der Waals surface area (Å²) in [5.41, 5.74) is 3.62. The fourth-order valence-corrected chi connectivity index (χ4v) is 6.25. The first-order valence-corrected chi connectivity index (χ1v) is 13.5. The minimum Gasteiger partial charge on any atom is -0.480 e. The Bertz CT molecular complexity index is 1860. The third-order valence-corrected chi connectivity index (χ3v) is 8.52. The Balaban J connectivity index is 1.46. The van der Waals surface area contributed by atoms with Gasteiger partial charge in [-0.05, 0) is 24.3 Å². The number of nitriles is 1. The summed E-state index contributed by atoms with van der Waals surface area (Å²) in [4.78, 5) is 20.6. The molecule has 17 heteroatoms. The van der Waals surface area contributed by atoms with Crippen LogP contribution in [0.25, 0.3) is 16.8 Å². The molecular formula is C25H20F4N8O4S. The molecule has 5 rings (SSSR count). The van der Waals surface area contributed by atoms with E-state index in [0.717, 1.165) is 27.4 Å². The highest BCUT2D eigenvalue weighted by Crippen LogP contribution is 2.39. The summed E-state index contributed by atoms with van der Waals surface area (Å²) in [5, 5.41) is 15.6. The number of benzene rings is 1. The molecule has 1 aliphatic rings. The van der Waals surface area contributed by atoms with Crippen molar-refractivity contribution in [3.63, 3.8) is 0 Å². The maximum atomic E-state index is 15.0. The average molecular weight is 605 g/mol. The Labute approximate surface area is 235 Å². The van der Waals surface area contributed by atoms with E-state index in [0.29, 0.717) is 0 Å². The van der Waals surface area contributed by atoms with Crippen LogP contribution in [0, 0.1) is 11.3 Å². The van der Waals surface area contributed by atoms with Gasteiger partial charge in [-0.2, -0.15) is 27.8 Å². The van der Waals surface area contributed by atoms with E-state index in [2.05, 4.69) is 20.4 Å². The number of anilines is 1. The highest BCUT2D eigenvalue weighted by molar-refractivity contribution is 7.89. The quantitative estimate of drug-likeness (QED) is 0.314. The van der Waals surface area contributed by atoms with E-state index in [9.17, 15) is 31.6 Å². The zero-order chi connectivity index (χ0) is 30.4. The molecule has 3 aromatic heterocycles. The number of methoxy groups -OCH3 is 1. The van der Waals surface area contributed by atoms with E-state index in [1.54, 1.807) is 6.07 Å². The van der Waals surface area contributed by atoms with E-state index in [1.165, 1.54) is 37.4 Å². The fraction of sp³-hybridized carbons (Fsp3) is 0.240. The Hall–Kier alpha value is -4.82. The van der Waals surface area contributed by atoms with E-state index in [4.69, 9.17) is 10.5 Å². The van der Waals surface area contributed by atoms with Gasteiger partial charge >= 0.3 is 6.18 Å². The van der Waals surface area contributed by atoms with Gasteiger partial charge in [0.05, 0.1) is 34.9 Å². The van der Waals surface area contributed by atoms with Crippen LogP contribution >= 0.6 is 0 Å². The lowest BCUT2D eigenvalue weighted by molar-refractivity contribution is -0.136. The average Bonchev–Trinajstić information content (AvgIpc) is 3.54. The van der Waals surface area contributed by atoms with Crippen LogP contribution in [-0.2, 0) is 16.2 Å². The smallest absolute Gasteiger partial charge is 0.418 e. The maximum Gasteiger partial charge on any atom is 0.418 e. The Kier molecular flexibility index (Phi) is 7.20. The van der Waals surface area contributed by atoms with Crippen molar-refractivity contribution in [3.8, 4) is 23.2 Å². The predicted molar refractivity (Wildman–Crippen MR) is 138 cm³/mol. The van der Waals surface area contributed by atoms with Crippen molar-refractivity contribution in [2.24, 2.45) is 0 Å². The first-order valence-electron chi connectivity index (χ1n) is 12.0. The van der Waals surface area contributed by atoms with Crippen molar-refractivity contribution in [2.45, 2.75) is 23.3 Å². The van der Waals surface area contributed by atoms with Crippen LogP contribution in [0.2, 0.25) is 0 Å². The van der Waals surface area contributed by atoms with Crippen LogP contribution in [0.4, 0.5) is 23.4 Å². The Morgan fingerprint density at radius 1 is 1.21 bits per heavy atom. The van der Waals surface area contributed by atoms with Crippen molar-refractivity contribution >= 4 is 27.3 Å². The van der Waals surface area contributed by atoms with Gasteiger partial charge < -0.3 is 15.8 Å². The predicted octanol–water partition coefficient (Wildman–Crippen LogP) is 2.41. The summed E-state index contributed by atoms with van der Waals surface area (Å²) in [6.07, 6.45) is -4.50. The lowest BCUT2D eigenvalue weighted by Gasteiger charge is -2.18. The number of amides is 1. The number of aromatic nitrogens is 4. The molecular weight excluding hydrogens is 584 g/mol. The number of rotatable bonds is 6. The second-order valence-corrected chi connectivity index (χ2v) is 11.1. The maximum absolute atomic E-state index is 15.0. The normalized spacial score (nSPS) is 17.7. The number of alkyl halides is 4. The summed E-state index contributed by atoms with van der Waals surface area (Å²) in [5.74, 6) is -1.56. The third kappa shape index (κ3) is 4.94. The molecule has 218 valence electrons. The van der Waals surface area contributed by atoms with Gasteiger partial charge in [0.15, 0.2) is 5.82 Å². The molecule has 1 aliphatic heterocycles. The third-order valence-electron chi connectivity index (χ3n) is 6.63. The molecule has 4 heterocycles. The number of pyridine rings is 1. The van der Waals surface area contributed by atoms with Crippen molar-refractivity contribution in [1.82, 2.24) is 29.2 Å². The molecule has 0 aliphatic carbocycles. The number of sulfonamides is 1. The molecule has 4 aromatic rings. The first kappa shape index (κ1) is 28.7. The largest absolute Gasteiger partial charge is 0.480 e. The van der Waals surface area contributed by atoms with Gasteiger partial charge in [0.1, 0.15) is 29.6 Å². The summed E-state index contributed by atoms with van der Waals surface area (Å²) >= 11 is 0. The number of nitrogens with zero attached hydrogens (tertiary/aromatic N) is 6. The number of halogens is 4. The van der Waals surface area contributed by atoms with Gasteiger partial charge in [-0.3, -0.25) is 4.79 Å². The van der Waals surface area contributed by atoms with Crippen molar-refractivity contribution in [1.29, 1.82) is 5.26 Å². The zero-order valence-electron chi connectivity index (χ0n) is 21.5. The molecule has 12 nitrogen and oxygen atoms in total. The molecule has 0 spiro atoms. The molecule has 1 aromatic carbocycles. The topological polar surface area (TPSA) is 169 Å². The van der Waals surface area contributed by atoms with E-state index < -0.39 is 64.3 Å². The van der Waals surface area contributed by atoms with Gasteiger partial charge in [0, 0.05) is 24.8 Å². The van der Waals surface area contributed by atoms with Gasteiger partial charge in [0.25, 0.3) is 5.91 Å². The number of carbonyl (C=O) groups is 1. The molecule has 3 N–H and O–H groups in total. The molecule has 0 bridgehead atoms. The monoisotopic (exact) mass is 604 g/mol. The summed E-state index contributed by atoms with van der Waals surface area (Å²) in [6.45, 7) is -1.03. The Morgan fingerprint density at radius 3 is 2.64 bits per heavy atom. The number of carbonyl (C=O) groups excluding carboxylic acids is 1. The minimum absolute atomic E-state index is 0.0186. The number of nitrogen functional groups attached to an aromatic ring is 1. The number of nitrogens with one attached hydrogen (secondary N) is 1. The van der Waals surface area contributed by atoms with Gasteiger partial charge in [-0.25, -0.2) is 27.3 Å². The van der Waals surface area contributed by atoms with E-state index in [-0.39, 0.29) is 33.2 Å². The fourth-order valence-electron chi connectivity index (χ4n) is 4.64. The number of nitrogens with two attached hydrogens (primary N) is 1. The minimum atomic E-state index is -4.80. The summed E-state index contributed by atoms with van der Waals surface area (Å²) in [6, 6.07) is 7.90. The summed E-state index contributed by atoms with van der Waals surface area (Å²) < 4.78 is 89.4. The standard InChI is InChI=1S/C25H20F4N8O4S/c1-41-24-15(6-14(9-32-24)19-7-16(25(27,28)29)21-22(31)33-12-34-37(19)21)23(38)35-18-11-36(10-17(18)26)42(39,40)20-5-3-2-4-13(20)8-30/h2-7,9,12,17-18H,10-11H2,1H3,(H,35,38)(H2,31,33,34)/t17-,18+/m0/s1. The highest BCUT2D eigenvalue weighted by Gasteiger charge is 2.42. The van der Waals surface area contributed by atoms with Gasteiger partial charge in [-0.15, -0.1) is 0 Å². The van der Waals surface area contributed by atoms with Crippen LogP contribution in [0.5, 0.6) is 5.88 Å². The van der Waals surface area contributed by atoms with E-state index in [1.807, 2.05) is 0 Å². The van der Waals surface area contributed by atoms with Gasteiger partial charge in [0.2, 0.25) is 15.9 Å². The Morgan fingerprint density at radius 2 is 1.95 bits per heavy atom. The number of hydrogen-bond acceptors (Lipinski definition) is 9. The molecule has 42 heavy (non-hydrogen) atoms. The van der Waals surface area contributed by atoms with Gasteiger partial charge in [-0.1, -0.05) is 12.1 Å². The molecule has 1 amide bonds. The SMILES string of the molecule is COc1ncc(-c2cc(C(F)(F)F)c3c(N)ncnn23)cc1C(=O)N[C@@H]1CN(S(=O)(=O)c2ccccc2C#N)C[C@@H]1F. The van der Waals surface area contributed by atoms with Crippen molar-refractivity contribution in [2.75, 3.05) is 25.9 Å². The van der Waals surface area contributed by atoms with Crippen molar-refractivity contribution < 1.29 is 35.5 Å². The van der Waals surface area contributed by atoms with Crippen LogP contribution in [0.15, 0.2) is 53.8 Å². The van der Waals surface area contributed by atoms with Crippen LogP contribution < -0.4 is 15.8 Å². The second-order valence-electron chi connectivity index (χ2n) is 9.15. The molecule has 1 fully saturated rings. The second kappa shape index (κ2) is 10.5. The molecule has 1 saturated heterocycles. The first-order chi connectivity index (χ1) is 19.9. The van der Waals surface area contributed by atoms with Crippen molar-refractivity contribution in [3.05, 3.63) is 65.6 Å². The summed E-state index contributed by atoms with van der Waals surface area (Å²) in [7, 11) is -3.07. The lowest BCUT2D eigenvalue weighted by Crippen LogP contribution is -2.42. The zero-order valence-corrected chi connectivity index (χ0v) is 22.3. The molecule has 0 radical (unpaired) electrons.